The lowest BCUT2D eigenvalue weighted by molar-refractivity contribution is 0.628. The summed E-state index contributed by atoms with van der Waals surface area (Å²) in [5.41, 5.74) is 0.584. The molecule has 0 unspecified atom stereocenters. The number of hydrogen-bond donors (Lipinski definition) is 3. The Morgan fingerprint density at radius 3 is 2.10 bits per heavy atom. The molecule has 1 aromatic heterocycles. The quantitative estimate of drug-likeness (QED) is 0.753. The minimum absolute atomic E-state index is 0.317. The smallest absolute Gasteiger partial charge is 0.233 e. The largest absolute Gasteiger partial charge is 0.354 e. The van der Waals surface area contributed by atoms with Crippen LogP contribution < -0.4 is 16.0 Å². The maximum atomic E-state index is 13.2. The molecule has 0 spiro atoms. The molecule has 7 heteroatoms. The summed E-state index contributed by atoms with van der Waals surface area (Å²) in [6.07, 6.45) is 0. The first-order valence-corrected chi connectivity index (χ1v) is 6.47. The van der Waals surface area contributed by atoms with Crippen LogP contribution in [0.5, 0.6) is 0 Å². The van der Waals surface area contributed by atoms with Crippen LogP contribution in [-0.2, 0) is 0 Å². The molecular weight excluding hydrogens is 259 g/mol. The third-order valence-corrected chi connectivity index (χ3v) is 2.39. The van der Waals surface area contributed by atoms with Gasteiger partial charge in [0.25, 0.3) is 0 Å². The van der Waals surface area contributed by atoms with E-state index in [1.54, 1.807) is 12.1 Å². The van der Waals surface area contributed by atoms with Gasteiger partial charge in [0.05, 0.1) is 0 Å². The second kappa shape index (κ2) is 6.65. The molecule has 0 aliphatic carbocycles. The molecule has 2 rings (SSSR count). The van der Waals surface area contributed by atoms with Gasteiger partial charge in [-0.15, -0.1) is 0 Å². The molecular formula is C13H17FN6. The predicted molar refractivity (Wildman–Crippen MR) is 77.8 cm³/mol. The predicted octanol–water partition coefficient (Wildman–Crippen LogP) is 2.62. The van der Waals surface area contributed by atoms with Crippen molar-refractivity contribution < 1.29 is 4.39 Å². The highest BCUT2D eigenvalue weighted by atomic mass is 19.1. The van der Waals surface area contributed by atoms with Crippen LogP contribution in [0.3, 0.4) is 0 Å². The first kappa shape index (κ1) is 14.0. The van der Waals surface area contributed by atoms with E-state index in [-0.39, 0.29) is 5.82 Å². The summed E-state index contributed by atoms with van der Waals surface area (Å²) in [6, 6.07) is 6.12. The summed E-state index contributed by atoms with van der Waals surface area (Å²) >= 11 is 0. The van der Waals surface area contributed by atoms with Crippen LogP contribution in [0.2, 0.25) is 0 Å². The van der Waals surface area contributed by atoms with Crippen molar-refractivity contribution in [2.45, 2.75) is 13.8 Å². The molecule has 0 aliphatic rings. The Bertz CT molecular complexity index is 550. The Labute approximate surface area is 116 Å². The van der Waals surface area contributed by atoms with Gasteiger partial charge in [0, 0.05) is 18.8 Å². The fourth-order valence-corrected chi connectivity index (χ4v) is 1.60. The zero-order valence-corrected chi connectivity index (χ0v) is 11.4. The van der Waals surface area contributed by atoms with Crippen molar-refractivity contribution in [3.05, 3.63) is 30.1 Å². The van der Waals surface area contributed by atoms with E-state index in [1.165, 1.54) is 12.1 Å². The maximum Gasteiger partial charge on any atom is 0.233 e. The molecule has 0 atom stereocenters. The third kappa shape index (κ3) is 3.78. The maximum absolute atomic E-state index is 13.2. The lowest BCUT2D eigenvalue weighted by atomic mass is 10.3. The van der Waals surface area contributed by atoms with Crippen LogP contribution in [-0.4, -0.2) is 28.0 Å². The highest BCUT2D eigenvalue weighted by Gasteiger charge is 2.06. The van der Waals surface area contributed by atoms with Crippen LogP contribution in [0.25, 0.3) is 0 Å². The van der Waals surface area contributed by atoms with Gasteiger partial charge in [-0.2, -0.15) is 15.0 Å². The van der Waals surface area contributed by atoms with Crippen molar-refractivity contribution in [3.63, 3.8) is 0 Å². The molecule has 20 heavy (non-hydrogen) atoms. The SMILES string of the molecule is CCNc1nc(NCC)nc(Nc2cccc(F)c2)n1. The van der Waals surface area contributed by atoms with Gasteiger partial charge in [0.15, 0.2) is 0 Å². The summed E-state index contributed by atoms with van der Waals surface area (Å²) in [6.45, 7) is 5.32. The minimum Gasteiger partial charge on any atom is -0.354 e. The van der Waals surface area contributed by atoms with Gasteiger partial charge < -0.3 is 16.0 Å². The summed E-state index contributed by atoms with van der Waals surface area (Å²) in [5.74, 6) is 0.982. The van der Waals surface area contributed by atoms with Gasteiger partial charge in [-0.05, 0) is 32.0 Å². The van der Waals surface area contributed by atoms with Gasteiger partial charge in [0.1, 0.15) is 5.82 Å². The Balaban J connectivity index is 2.25. The van der Waals surface area contributed by atoms with Crippen molar-refractivity contribution >= 4 is 23.5 Å². The van der Waals surface area contributed by atoms with Crippen molar-refractivity contribution in [2.24, 2.45) is 0 Å². The van der Waals surface area contributed by atoms with Crippen molar-refractivity contribution in [3.8, 4) is 0 Å². The van der Waals surface area contributed by atoms with Gasteiger partial charge in [0.2, 0.25) is 17.8 Å². The standard InChI is InChI=1S/C13H17FN6/c1-3-15-11-18-12(16-4-2)20-13(19-11)17-10-7-5-6-9(14)8-10/h5-8H,3-4H2,1-2H3,(H3,15,16,17,18,19,20). The van der Waals surface area contributed by atoms with E-state index in [0.717, 1.165) is 0 Å². The molecule has 0 aliphatic heterocycles. The number of anilines is 4. The Kier molecular flexibility index (Phi) is 4.65. The highest BCUT2D eigenvalue weighted by molar-refractivity contribution is 5.55. The van der Waals surface area contributed by atoms with Crippen LogP contribution in [0.15, 0.2) is 24.3 Å². The number of aromatic nitrogens is 3. The number of benzene rings is 1. The van der Waals surface area contributed by atoms with E-state index >= 15 is 0 Å². The first-order valence-electron chi connectivity index (χ1n) is 6.47. The summed E-state index contributed by atoms with van der Waals surface area (Å²) in [5, 5.41) is 9.02. The van der Waals surface area contributed by atoms with Crippen LogP contribution in [0.1, 0.15) is 13.8 Å². The number of rotatable bonds is 6. The molecule has 0 fully saturated rings. The molecule has 2 aromatic rings. The monoisotopic (exact) mass is 276 g/mol. The third-order valence-electron chi connectivity index (χ3n) is 2.39. The average Bonchev–Trinajstić information content (AvgIpc) is 2.39. The molecule has 0 amide bonds. The van der Waals surface area contributed by atoms with Gasteiger partial charge in [-0.3, -0.25) is 0 Å². The first-order chi connectivity index (χ1) is 9.71. The molecule has 0 saturated heterocycles. The Hall–Kier alpha value is -2.44. The molecule has 1 heterocycles. The molecule has 6 nitrogen and oxygen atoms in total. The lowest BCUT2D eigenvalue weighted by Crippen LogP contribution is -2.10. The normalized spacial score (nSPS) is 10.2. The topological polar surface area (TPSA) is 74.8 Å². The average molecular weight is 276 g/mol. The summed E-state index contributed by atoms with van der Waals surface area (Å²) in [4.78, 5) is 12.7. The van der Waals surface area contributed by atoms with E-state index in [9.17, 15) is 4.39 Å². The van der Waals surface area contributed by atoms with Gasteiger partial charge in [-0.1, -0.05) is 6.07 Å². The van der Waals surface area contributed by atoms with E-state index in [2.05, 4.69) is 30.9 Å². The highest BCUT2D eigenvalue weighted by Crippen LogP contribution is 2.16. The lowest BCUT2D eigenvalue weighted by Gasteiger charge is -2.09. The van der Waals surface area contributed by atoms with E-state index in [0.29, 0.717) is 36.6 Å². The number of hydrogen-bond acceptors (Lipinski definition) is 6. The molecule has 3 N–H and O–H groups in total. The second-order valence-corrected chi connectivity index (χ2v) is 4.00. The van der Waals surface area contributed by atoms with Crippen molar-refractivity contribution in [1.29, 1.82) is 0 Å². The van der Waals surface area contributed by atoms with Gasteiger partial charge in [-0.25, -0.2) is 4.39 Å². The Morgan fingerprint density at radius 2 is 1.55 bits per heavy atom. The summed E-state index contributed by atoms with van der Waals surface area (Å²) in [7, 11) is 0. The van der Waals surface area contributed by atoms with Gasteiger partial charge >= 0.3 is 0 Å². The molecule has 0 saturated carbocycles. The zero-order valence-electron chi connectivity index (χ0n) is 11.4. The van der Waals surface area contributed by atoms with E-state index in [4.69, 9.17) is 0 Å². The van der Waals surface area contributed by atoms with Crippen molar-refractivity contribution in [1.82, 2.24) is 15.0 Å². The number of halogens is 1. The fraction of sp³-hybridized carbons (Fsp3) is 0.308. The Morgan fingerprint density at radius 1 is 0.950 bits per heavy atom. The summed E-state index contributed by atoms with van der Waals surface area (Å²) < 4.78 is 13.2. The molecule has 0 radical (unpaired) electrons. The molecule has 106 valence electrons. The van der Waals surface area contributed by atoms with Crippen molar-refractivity contribution in [2.75, 3.05) is 29.0 Å². The minimum atomic E-state index is -0.317. The molecule has 0 bridgehead atoms. The zero-order chi connectivity index (χ0) is 14.4. The number of nitrogens with zero attached hydrogens (tertiary/aromatic N) is 3. The van der Waals surface area contributed by atoms with Crippen LogP contribution in [0, 0.1) is 5.82 Å². The fourth-order valence-electron chi connectivity index (χ4n) is 1.60. The molecule has 1 aromatic carbocycles. The number of nitrogens with one attached hydrogen (secondary N) is 3. The van der Waals surface area contributed by atoms with Crippen LogP contribution >= 0.6 is 0 Å². The van der Waals surface area contributed by atoms with E-state index < -0.39 is 0 Å². The van der Waals surface area contributed by atoms with Crippen LogP contribution in [0.4, 0.5) is 27.9 Å². The second-order valence-electron chi connectivity index (χ2n) is 4.00. The van der Waals surface area contributed by atoms with E-state index in [1.807, 2.05) is 13.8 Å².